The molecule has 1 nitrogen and oxygen atoms in total. The molecule has 0 aromatic heterocycles. The first-order chi connectivity index (χ1) is 8.65. The van der Waals surface area contributed by atoms with Gasteiger partial charge in [0.15, 0.2) is 0 Å². The van der Waals surface area contributed by atoms with Crippen molar-refractivity contribution in [3.05, 3.63) is 47.0 Å². The fourth-order valence-corrected chi connectivity index (χ4v) is 2.61. The zero-order valence-corrected chi connectivity index (χ0v) is 11.4. The third kappa shape index (κ3) is 2.49. The number of terminal acetylenes is 1. The predicted molar refractivity (Wildman–Crippen MR) is 77.4 cm³/mol. The Morgan fingerprint density at radius 2 is 2.28 bits per heavy atom. The van der Waals surface area contributed by atoms with Crippen molar-refractivity contribution in [2.75, 3.05) is 6.54 Å². The fourth-order valence-electron chi connectivity index (χ4n) is 2.61. The quantitative estimate of drug-likeness (QED) is 0.575. The minimum atomic E-state index is 0.559. The number of hydrogen-bond acceptors (Lipinski definition) is 1. The summed E-state index contributed by atoms with van der Waals surface area (Å²) in [6, 6.07) is 6.92. The molecule has 18 heavy (non-hydrogen) atoms. The van der Waals surface area contributed by atoms with Crippen molar-refractivity contribution >= 4 is 0 Å². The first kappa shape index (κ1) is 12.9. The molecule has 1 aromatic carbocycles. The molecule has 0 N–H and O–H groups in total. The van der Waals surface area contributed by atoms with E-state index in [2.05, 4.69) is 43.4 Å². The van der Waals surface area contributed by atoms with Gasteiger partial charge in [-0.2, -0.15) is 0 Å². The molecule has 0 aliphatic carbocycles. The molecule has 1 aliphatic heterocycles. The molecule has 0 amide bonds. The molecule has 1 aliphatic rings. The molecular weight excluding hydrogens is 218 g/mol. The highest BCUT2D eigenvalue weighted by Gasteiger charge is 2.28. The Kier molecular flexibility index (Phi) is 3.89. The van der Waals surface area contributed by atoms with Gasteiger partial charge >= 0.3 is 0 Å². The summed E-state index contributed by atoms with van der Waals surface area (Å²) in [5.74, 6) is 2.73. The average molecular weight is 239 g/mol. The second-order valence-electron chi connectivity index (χ2n) is 5.10. The van der Waals surface area contributed by atoms with Gasteiger partial charge < -0.3 is 0 Å². The third-order valence-electron chi connectivity index (χ3n) is 3.83. The van der Waals surface area contributed by atoms with Gasteiger partial charge in [0.2, 0.25) is 0 Å². The van der Waals surface area contributed by atoms with Crippen molar-refractivity contribution in [2.24, 2.45) is 0 Å². The van der Waals surface area contributed by atoms with E-state index in [1.54, 1.807) is 0 Å². The van der Waals surface area contributed by atoms with Crippen molar-refractivity contribution in [1.29, 1.82) is 0 Å². The van der Waals surface area contributed by atoms with Crippen LogP contribution in [0.15, 0.2) is 30.4 Å². The van der Waals surface area contributed by atoms with Crippen LogP contribution in [0.1, 0.15) is 37.0 Å². The van der Waals surface area contributed by atoms with E-state index in [1.807, 2.05) is 6.07 Å². The minimum absolute atomic E-state index is 0.559. The van der Waals surface area contributed by atoms with Crippen LogP contribution in [0.5, 0.6) is 0 Å². The van der Waals surface area contributed by atoms with Crippen LogP contribution >= 0.6 is 0 Å². The van der Waals surface area contributed by atoms with Crippen LogP contribution in [-0.4, -0.2) is 17.5 Å². The predicted octanol–water partition coefficient (Wildman–Crippen LogP) is 3.38. The Labute approximate surface area is 111 Å². The van der Waals surface area contributed by atoms with Crippen molar-refractivity contribution in [3.63, 3.8) is 0 Å². The second-order valence-corrected chi connectivity index (χ2v) is 5.10. The number of hydrogen-bond donors (Lipinski definition) is 0. The summed E-state index contributed by atoms with van der Waals surface area (Å²) >= 11 is 0. The summed E-state index contributed by atoms with van der Waals surface area (Å²) in [5.41, 5.74) is 5.03. The zero-order chi connectivity index (χ0) is 13.1. The number of nitrogens with zero attached hydrogens (tertiary/aromatic N) is 1. The van der Waals surface area contributed by atoms with Gasteiger partial charge in [0.05, 0.1) is 0 Å². The van der Waals surface area contributed by atoms with Gasteiger partial charge in [-0.05, 0) is 43.0 Å². The molecule has 1 unspecified atom stereocenters. The zero-order valence-electron chi connectivity index (χ0n) is 11.4. The summed E-state index contributed by atoms with van der Waals surface area (Å²) < 4.78 is 0. The summed E-state index contributed by atoms with van der Waals surface area (Å²) in [6.45, 7) is 10.6. The summed E-state index contributed by atoms with van der Waals surface area (Å²) in [6.07, 6.45) is 7.79. The van der Waals surface area contributed by atoms with E-state index in [9.17, 15) is 0 Å². The molecular formula is C17H21N. The number of aryl methyl sites for hydroxylation is 1. The summed E-state index contributed by atoms with van der Waals surface area (Å²) in [5, 5.41) is 0. The van der Waals surface area contributed by atoms with Gasteiger partial charge in [0, 0.05) is 24.7 Å². The average Bonchev–Trinajstić information content (AvgIpc) is 2.33. The number of rotatable bonds is 4. The van der Waals surface area contributed by atoms with Crippen LogP contribution in [0.2, 0.25) is 0 Å². The number of benzene rings is 1. The van der Waals surface area contributed by atoms with Gasteiger partial charge in [0.1, 0.15) is 0 Å². The Bertz CT molecular complexity index is 493. The molecule has 0 radical (unpaired) electrons. The fraction of sp³-hybridized carbons (Fsp3) is 0.412. The van der Waals surface area contributed by atoms with Crippen LogP contribution in [-0.2, 0) is 13.0 Å². The molecule has 1 heteroatoms. The van der Waals surface area contributed by atoms with Crippen LogP contribution in [0, 0.1) is 12.3 Å². The standard InChI is InChI=1S/C17H21N/c1-5-14-7-8-15(6-2)16(11-14)12-18-10-9-17(18)13(3)4/h1,7-8,11,17H,3,6,9-10,12H2,2,4H3. The molecule has 1 saturated heterocycles. The maximum Gasteiger partial charge on any atom is 0.0317 e. The summed E-state index contributed by atoms with van der Waals surface area (Å²) in [4.78, 5) is 2.48. The molecule has 1 aromatic rings. The van der Waals surface area contributed by atoms with E-state index in [-0.39, 0.29) is 0 Å². The van der Waals surface area contributed by atoms with E-state index in [1.165, 1.54) is 29.7 Å². The van der Waals surface area contributed by atoms with Crippen LogP contribution in [0.25, 0.3) is 0 Å². The maximum atomic E-state index is 5.49. The van der Waals surface area contributed by atoms with E-state index in [0.717, 1.165) is 18.5 Å². The Balaban J connectivity index is 2.18. The Morgan fingerprint density at radius 1 is 1.50 bits per heavy atom. The molecule has 1 heterocycles. The minimum Gasteiger partial charge on any atom is -0.292 e. The Hall–Kier alpha value is -1.52. The van der Waals surface area contributed by atoms with Crippen molar-refractivity contribution < 1.29 is 0 Å². The Morgan fingerprint density at radius 3 is 2.78 bits per heavy atom. The molecule has 0 spiro atoms. The third-order valence-corrected chi connectivity index (χ3v) is 3.83. The smallest absolute Gasteiger partial charge is 0.0317 e. The van der Waals surface area contributed by atoms with E-state index in [4.69, 9.17) is 6.42 Å². The van der Waals surface area contributed by atoms with E-state index >= 15 is 0 Å². The van der Waals surface area contributed by atoms with Gasteiger partial charge in [-0.1, -0.05) is 31.1 Å². The SMILES string of the molecule is C#Cc1ccc(CC)c(CN2CCC2C(=C)C)c1. The first-order valence-corrected chi connectivity index (χ1v) is 6.63. The lowest BCUT2D eigenvalue weighted by molar-refractivity contribution is 0.108. The molecule has 2 rings (SSSR count). The van der Waals surface area contributed by atoms with Crippen LogP contribution < -0.4 is 0 Å². The largest absolute Gasteiger partial charge is 0.292 e. The highest BCUT2D eigenvalue weighted by Crippen LogP contribution is 2.26. The van der Waals surface area contributed by atoms with Gasteiger partial charge in [0.25, 0.3) is 0 Å². The monoisotopic (exact) mass is 239 g/mol. The van der Waals surface area contributed by atoms with Crippen LogP contribution in [0.4, 0.5) is 0 Å². The lowest BCUT2D eigenvalue weighted by atomic mass is 9.94. The highest BCUT2D eigenvalue weighted by atomic mass is 15.2. The van der Waals surface area contributed by atoms with Gasteiger partial charge in [-0.3, -0.25) is 4.90 Å². The lowest BCUT2D eigenvalue weighted by Crippen LogP contribution is -2.47. The highest BCUT2D eigenvalue weighted by molar-refractivity contribution is 5.40. The normalized spacial score (nSPS) is 19.1. The molecule has 0 saturated carbocycles. The van der Waals surface area contributed by atoms with Crippen LogP contribution in [0.3, 0.4) is 0 Å². The van der Waals surface area contributed by atoms with Crippen molar-refractivity contribution in [3.8, 4) is 12.3 Å². The molecule has 1 fully saturated rings. The van der Waals surface area contributed by atoms with Crippen molar-refractivity contribution in [1.82, 2.24) is 4.90 Å². The van der Waals surface area contributed by atoms with Crippen molar-refractivity contribution in [2.45, 2.75) is 39.3 Å². The molecule has 0 bridgehead atoms. The van der Waals surface area contributed by atoms with Gasteiger partial charge in [-0.15, -0.1) is 6.42 Å². The number of likely N-dealkylation sites (tertiary alicyclic amines) is 1. The lowest BCUT2D eigenvalue weighted by Gasteiger charge is -2.42. The topological polar surface area (TPSA) is 3.24 Å². The molecule has 94 valence electrons. The van der Waals surface area contributed by atoms with E-state index < -0.39 is 0 Å². The summed E-state index contributed by atoms with van der Waals surface area (Å²) in [7, 11) is 0. The maximum absolute atomic E-state index is 5.49. The first-order valence-electron chi connectivity index (χ1n) is 6.63. The van der Waals surface area contributed by atoms with Gasteiger partial charge in [-0.25, -0.2) is 0 Å². The molecule has 1 atom stereocenters. The van der Waals surface area contributed by atoms with E-state index in [0.29, 0.717) is 6.04 Å². The second kappa shape index (κ2) is 5.42.